The van der Waals surface area contributed by atoms with Crippen molar-refractivity contribution in [2.75, 3.05) is 40.3 Å². The third kappa shape index (κ3) is 3.64. The third-order valence-electron chi connectivity index (χ3n) is 5.77. The maximum absolute atomic E-state index is 13.1. The number of carbonyl (C=O) groups is 1. The van der Waals surface area contributed by atoms with Gasteiger partial charge in [-0.05, 0) is 57.8 Å². The van der Waals surface area contributed by atoms with Gasteiger partial charge in [0.05, 0.1) is 12.6 Å². The molecule has 0 bridgehead atoms. The zero-order valence-corrected chi connectivity index (χ0v) is 15.3. The normalized spacial score (nSPS) is 24.5. The number of hydrogen-bond donors (Lipinski definition) is 1. The molecule has 3 heterocycles. The first kappa shape index (κ1) is 17.4. The molecule has 24 heavy (non-hydrogen) atoms. The van der Waals surface area contributed by atoms with Crippen LogP contribution >= 0.6 is 0 Å². The summed E-state index contributed by atoms with van der Waals surface area (Å²) in [5, 5.41) is 0. The third-order valence-corrected chi connectivity index (χ3v) is 5.77. The Balaban J connectivity index is 1.68. The van der Waals surface area contributed by atoms with Gasteiger partial charge in [0.1, 0.15) is 5.82 Å². The second kappa shape index (κ2) is 7.23. The summed E-state index contributed by atoms with van der Waals surface area (Å²) in [6.45, 7) is 7.17. The SMILES string of the molecule is CCCN1CC2(CCN(C)CC2)CC1C(=O)N(C)Cc1ncc[nH]1. The lowest BCUT2D eigenvalue weighted by Gasteiger charge is -2.37. The minimum Gasteiger partial charge on any atom is -0.347 e. The summed E-state index contributed by atoms with van der Waals surface area (Å²) in [6, 6.07) is 0.0355. The molecule has 1 aromatic rings. The van der Waals surface area contributed by atoms with Crippen LogP contribution in [0.3, 0.4) is 0 Å². The number of amides is 1. The van der Waals surface area contributed by atoms with Gasteiger partial charge in [-0.2, -0.15) is 0 Å². The van der Waals surface area contributed by atoms with E-state index in [1.807, 2.05) is 11.9 Å². The highest BCUT2D eigenvalue weighted by Gasteiger charge is 2.47. The van der Waals surface area contributed by atoms with E-state index in [1.54, 1.807) is 12.4 Å². The first-order valence-electron chi connectivity index (χ1n) is 9.19. The van der Waals surface area contributed by atoms with Crippen LogP contribution in [0.4, 0.5) is 0 Å². The maximum Gasteiger partial charge on any atom is 0.240 e. The predicted octanol–water partition coefficient (Wildman–Crippen LogP) is 1.56. The summed E-state index contributed by atoms with van der Waals surface area (Å²) >= 11 is 0. The number of imidazole rings is 1. The van der Waals surface area contributed by atoms with Gasteiger partial charge in [-0.3, -0.25) is 9.69 Å². The second-order valence-electron chi connectivity index (χ2n) is 7.72. The molecular weight excluding hydrogens is 302 g/mol. The van der Waals surface area contributed by atoms with Crippen molar-refractivity contribution in [3.8, 4) is 0 Å². The van der Waals surface area contributed by atoms with E-state index in [2.05, 4.69) is 33.7 Å². The van der Waals surface area contributed by atoms with Gasteiger partial charge in [-0.25, -0.2) is 4.98 Å². The Morgan fingerprint density at radius 1 is 1.46 bits per heavy atom. The van der Waals surface area contributed by atoms with E-state index in [1.165, 1.54) is 12.8 Å². The van der Waals surface area contributed by atoms with Gasteiger partial charge in [-0.15, -0.1) is 0 Å². The van der Waals surface area contributed by atoms with E-state index < -0.39 is 0 Å². The molecule has 1 spiro atoms. The number of hydrogen-bond acceptors (Lipinski definition) is 4. The number of H-pyrrole nitrogens is 1. The largest absolute Gasteiger partial charge is 0.347 e. The number of aromatic amines is 1. The number of carbonyl (C=O) groups excluding carboxylic acids is 1. The van der Waals surface area contributed by atoms with Crippen molar-refractivity contribution < 1.29 is 4.79 Å². The lowest BCUT2D eigenvalue weighted by Crippen LogP contribution is -2.44. The quantitative estimate of drug-likeness (QED) is 0.889. The van der Waals surface area contributed by atoms with E-state index in [-0.39, 0.29) is 11.9 Å². The summed E-state index contributed by atoms with van der Waals surface area (Å²) in [5.74, 6) is 1.09. The molecule has 0 saturated carbocycles. The number of piperidine rings is 1. The fraction of sp³-hybridized carbons (Fsp3) is 0.778. The van der Waals surface area contributed by atoms with Crippen molar-refractivity contribution in [2.45, 2.75) is 45.2 Å². The van der Waals surface area contributed by atoms with Gasteiger partial charge in [0, 0.05) is 26.0 Å². The Kier molecular flexibility index (Phi) is 5.25. The molecule has 0 aromatic carbocycles. The molecule has 2 aliphatic rings. The standard InChI is InChI=1S/C18H31N5O/c1-4-9-23-14-18(5-10-21(2)11-6-18)12-15(23)17(24)22(3)13-16-19-7-8-20-16/h7-8,15H,4-6,9-14H2,1-3H3,(H,19,20). The minimum atomic E-state index is 0.0355. The number of nitrogens with one attached hydrogen (secondary N) is 1. The van der Waals surface area contributed by atoms with Crippen LogP contribution in [0.1, 0.15) is 38.4 Å². The van der Waals surface area contributed by atoms with Crippen molar-refractivity contribution in [3.05, 3.63) is 18.2 Å². The molecule has 0 radical (unpaired) electrons. The zero-order chi connectivity index (χ0) is 17.2. The highest BCUT2D eigenvalue weighted by molar-refractivity contribution is 5.82. The van der Waals surface area contributed by atoms with Crippen LogP contribution in [0.5, 0.6) is 0 Å². The average Bonchev–Trinajstić information content (AvgIpc) is 3.19. The van der Waals surface area contributed by atoms with E-state index in [4.69, 9.17) is 0 Å². The predicted molar refractivity (Wildman–Crippen MR) is 94.5 cm³/mol. The Morgan fingerprint density at radius 2 is 2.21 bits per heavy atom. The van der Waals surface area contributed by atoms with Crippen LogP contribution < -0.4 is 0 Å². The lowest BCUT2D eigenvalue weighted by molar-refractivity contribution is -0.135. The van der Waals surface area contributed by atoms with Gasteiger partial charge < -0.3 is 14.8 Å². The molecule has 2 saturated heterocycles. The first-order chi connectivity index (χ1) is 11.5. The Hall–Kier alpha value is -1.40. The molecule has 6 nitrogen and oxygen atoms in total. The van der Waals surface area contributed by atoms with Crippen LogP contribution in [0.15, 0.2) is 12.4 Å². The molecule has 1 atom stereocenters. The second-order valence-corrected chi connectivity index (χ2v) is 7.72. The molecule has 1 unspecified atom stereocenters. The molecule has 2 fully saturated rings. The fourth-order valence-electron chi connectivity index (χ4n) is 4.31. The number of likely N-dealkylation sites (tertiary alicyclic amines) is 2. The summed E-state index contributed by atoms with van der Waals surface area (Å²) in [5.41, 5.74) is 0.341. The molecule has 6 heteroatoms. The first-order valence-corrected chi connectivity index (χ1v) is 9.19. The number of likely N-dealkylation sites (N-methyl/N-ethyl adjacent to an activating group) is 1. The number of aromatic nitrogens is 2. The summed E-state index contributed by atoms with van der Waals surface area (Å²) in [4.78, 5) is 27.1. The van der Waals surface area contributed by atoms with Crippen LogP contribution in [0, 0.1) is 5.41 Å². The number of rotatable bonds is 5. The fourth-order valence-corrected chi connectivity index (χ4v) is 4.31. The lowest BCUT2D eigenvalue weighted by atomic mass is 9.76. The highest BCUT2D eigenvalue weighted by Crippen LogP contribution is 2.43. The number of nitrogens with zero attached hydrogens (tertiary/aromatic N) is 4. The molecule has 0 aliphatic carbocycles. The van der Waals surface area contributed by atoms with E-state index >= 15 is 0 Å². The monoisotopic (exact) mass is 333 g/mol. The summed E-state index contributed by atoms with van der Waals surface area (Å²) in [6.07, 6.45) is 8.09. The van der Waals surface area contributed by atoms with Crippen molar-refractivity contribution in [2.24, 2.45) is 5.41 Å². The van der Waals surface area contributed by atoms with Crippen molar-refractivity contribution in [1.82, 2.24) is 24.7 Å². The zero-order valence-electron chi connectivity index (χ0n) is 15.3. The van der Waals surface area contributed by atoms with E-state index in [0.717, 1.165) is 44.8 Å². The molecule has 1 N–H and O–H groups in total. The van der Waals surface area contributed by atoms with Crippen molar-refractivity contribution in [1.29, 1.82) is 0 Å². The molecule has 134 valence electrons. The highest BCUT2D eigenvalue weighted by atomic mass is 16.2. The van der Waals surface area contributed by atoms with Gasteiger partial charge in [0.15, 0.2) is 0 Å². The van der Waals surface area contributed by atoms with E-state index in [9.17, 15) is 4.79 Å². The van der Waals surface area contributed by atoms with Gasteiger partial charge in [0.25, 0.3) is 0 Å². The van der Waals surface area contributed by atoms with Gasteiger partial charge in [0.2, 0.25) is 5.91 Å². The average molecular weight is 333 g/mol. The van der Waals surface area contributed by atoms with Gasteiger partial charge >= 0.3 is 0 Å². The topological polar surface area (TPSA) is 55.5 Å². The molecular formula is C18H31N5O. The Labute approximate surface area is 145 Å². The smallest absolute Gasteiger partial charge is 0.240 e. The molecule has 3 rings (SSSR count). The Bertz CT molecular complexity index is 536. The summed E-state index contributed by atoms with van der Waals surface area (Å²) in [7, 11) is 4.10. The summed E-state index contributed by atoms with van der Waals surface area (Å²) < 4.78 is 0. The van der Waals surface area contributed by atoms with Gasteiger partial charge in [-0.1, -0.05) is 6.92 Å². The van der Waals surface area contributed by atoms with Crippen LogP contribution in [-0.2, 0) is 11.3 Å². The van der Waals surface area contributed by atoms with Crippen molar-refractivity contribution in [3.63, 3.8) is 0 Å². The van der Waals surface area contributed by atoms with Crippen molar-refractivity contribution >= 4 is 5.91 Å². The van der Waals surface area contributed by atoms with Crippen LogP contribution in [0.2, 0.25) is 0 Å². The van der Waals surface area contributed by atoms with E-state index in [0.29, 0.717) is 12.0 Å². The maximum atomic E-state index is 13.1. The Morgan fingerprint density at radius 3 is 2.83 bits per heavy atom. The minimum absolute atomic E-state index is 0.0355. The molecule has 2 aliphatic heterocycles. The molecule has 1 aromatic heterocycles. The van der Waals surface area contributed by atoms with Crippen LogP contribution in [-0.4, -0.2) is 76.9 Å². The van der Waals surface area contributed by atoms with Crippen LogP contribution in [0.25, 0.3) is 0 Å². The molecule has 1 amide bonds.